The van der Waals surface area contributed by atoms with Crippen molar-refractivity contribution in [2.24, 2.45) is 0 Å². The van der Waals surface area contributed by atoms with Crippen LogP contribution in [-0.2, 0) is 16.4 Å². The highest BCUT2D eigenvalue weighted by molar-refractivity contribution is 7.89. The van der Waals surface area contributed by atoms with Gasteiger partial charge in [-0.3, -0.25) is 4.79 Å². The van der Waals surface area contributed by atoms with Gasteiger partial charge in [0.05, 0.1) is 12.0 Å². The number of amides is 1. The second kappa shape index (κ2) is 10.1. The predicted molar refractivity (Wildman–Crippen MR) is 106 cm³/mol. The van der Waals surface area contributed by atoms with Crippen molar-refractivity contribution in [2.45, 2.75) is 31.1 Å². The summed E-state index contributed by atoms with van der Waals surface area (Å²) in [4.78, 5) is 12.2. The summed E-state index contributed by atoms with van der Waals surface area (Å²) in [7, 11) is -2.08. The molecule has 0 spiro atoms. The lowest BCUT2D eigenvalue weighted by Crippen LogP contribution is -2.27. The number of benzene rings is 2. The molecule has 1 amide bonds. The number of carbonyl (C=O) groups is 1. The molecule has 0 saturated heterocycles. The molecule has 0 atom stereocenters. The summed E-state index contributed by atoms with van der Waals surface area (Å²) in [5.41, 5.74) is 1.34. The molecule has 2 N–H and O–H groups in total. The van der Waals surface area contributed by atoms with Gasteiger partial charge in [0.25, 0.3) is 5.91 Å². The van der Waals surface area contributed by atoms with E-state index in [4.69, 9.17) is 4.74 Å². The molecule has 0 unspecified atom stereocenters. The van der Waals surface area contributed by atoms with Crippen LogP contribution in [0.2, 0.25) is 0 Å². The van der Waals surface area contributed by atoms with Gasteiger partial charge in [-0.15, -0.1) is 0 Å². The first-order chi connectivity index (χ1) is 13.0. The Morgan fingerprint density at radius 2 is 1.81 bits per heavy atom. The van der Waals surface area contributed by atoms with Crippen molar-refractivity contribution in [2.75, 3.05) is 20.2 Å². The van der Waals surface area contributed by atoms with Gasteiger partial charge < -0.3 is 10.1 Å². The van der Waals surface area contributed by atoms with E-state index in [1.807, 2.05) is 31.2 Å². The standard InChI is InChI=1S/C20H26N2O4S/c1-3-4-13-21-20(23)17-6-5-7-19(15-17)27(24,25)22-14-12-16-8-10-18(26-2)11-9-16/h5-11,15,22H,3-4,12-14H2,1-2H3,(H,21,23). The van der Waals surface area contributed by atoms with Crippen LogP contribution in [0, 0.1) is 0 Å². The number of unbranched alkanes of at least 4 members (excludes halogenated alkanes) is 1. The molecule has 6 nitrogen and oxygen atoms in total. The number of nitrogens with one attached hydrogen (secondary N) is 2. The van der Waals surface area contributed by atoms with Crippen molar-refractivity contribution in [3.8, 4) is 5.75 Å². The Hall–Kier alpha value is -2.38. The van der Waals surface area contributed by atoms with Crippen LogP contribution in [0.25, 0.3) is 0 Å². The van der Waals surface area contributed by atoms with Crippen molar-refractivity contribution < 1.29 is 17.9 Å². The fraction of sp³-hybridized carbons (Fsp3) is 0.350. The van der Waals surface area contributed by atoms with Crippen LogP contribution in [0.3, 0.4) is 0 Å². The van der Waals surface area contributed by atoms with E-state index < -0.39 is 10.0 Å². The summed E-state index contributed by atoms with van der Waals surface area (Å²) in [6.07, 6.45) is 2.42. The minimum atomic E-state index is -3.68. The fourth-order valence-electron chi connectivity index (χ4n) is 2.49. The van der Waals surface area contributed by atoms with Crippen LogP contribution in [-0.4, -0.2) is 34.5 Å². The summed E-state index contributed by atoms with van der Waals surface area (Å²) in [6, 6.07) is 13.5. The second-order valence-corrected chi connectivity index (χ2v) is 7.90. The summed E-state index contributed by atoms with van der Waals surface area (Å²) in [5, 5.41) is 2.79. The van der Waals surface area contributed by atoms with Gasteiger partial charge in [0.15, 0.2) is 0 Å². The van der Waals surface area contributed by atoms with Crippen molar-refractivity contribution in [3.05, 3.63) is 59.7 Å². The number of ether oxygens (including phenoxy) is 1. The molecule has 2 aromatic carbocycles. The normalized spacial score (nSPS) is 11.2. The average molecular weight is 391 g/mol. The fourth-order valence-corrected chi connectivity index (χ4v) is 3.57. The van der Waals surface area contributed by atoms with Crippen molar-refractivity contribution in [3.63, 3.8) is 0 Å². The van der Waals surface area contributed by atoms with E-state index >= 15 is 0 Å². The molecule has 27 heavy (non-hydrogen) atoms. The maximum Gasteiger partial charge on any atom is 0.251 e. The summed E-state index contributed by atoms with van der Waals surface area (Å²) < 4.78 is 32.7. The summed E-state index contributed by atoms with van der Waals surface area (Å²) in [6.45, 7) is 2.88. The number of hydrogen-bond acceptors (Lipinski definition) is 4. The van der Waals surface area contributed by atoms with Gasteiger partial charge in [-0.1, -0.05) is 31.5 Å². The van der Waals surface area contributed by atoms with E-state index in [2.05, 4.69) is 10.0 Å². The smallest absolute Gasteiger partial charge is 0.251 e. The molecule has 2 aromatic rings. The third-order valence-corrected chi connectivity index (χ3v) is 5.55. The Kier molecular flexibility index (Phi) is 7.82. The molecular weight excluding hydrogens is 364 g/mol. The van der Waals surface area contributed by atoms with E-state index in [1.54, 1.807) is 19.2 Å². The quantitative estimate of drug-likeness (QED) is 0.611. The van der Waals surface area contributed by atoms with Crippen molar-refractivity contribution in [1.82, 2.24) is 10.0 Å². The van der Waals surface area contributed by atoms with Gasteiger partial charge >= 0.3 is 0 Å². The minimum absolute atomic E-state index is 0.0837. The molecule has 0 radical (unpaired) electrons. The first-order valence-corrected chi connectivity index (χ1v) is 10.5. The van der Waals surface area contributed by atoms with Gasteiger partial charge in [0.2, 0.25) is 10.0 Å². The number of hydrogen-bond donors (Lipinski definition) is 2. The Bertz CT molecular complexity index is 849. The maximum atomic E-state index is 12.5. The zero-order chi connectivity index (χ0) is 19.7. The first-order valence-electron chi connectivity index (χ1n) is 8.97. The van der Waals surface area contributed by atoms with Crippen LogP contribution < -0.4 is 14.8 Å². The maximum absolute atomic E-state index is 12.5. The third-order valence-electron chi connectivity index (χ3n) is 4.09. The van der Waals surface area contributed by atoms with Crippen molar-refractivity contribution >= 4 is 15.9 Å². The number of rotatable bonds is 10. The molecule has 0 aromatic heterocycles. The Morgan fingerprint density at radius 3 is 2.48 bits per heavy atom. The molecule has 0 aliphatic carbocycles. The van der Waals surface area contributed by atoms with Crippen molar-refractivity contribution in [1.29, 1.82) is 0 Å². The molecule has 0 aliphatic rings. The summed E-state index contributed by atoms with van der Waals surface area (Å²) >= 11 is 0. The van der Waals surface area contributed by atoms with E-state index in [-0.39, 0.29) is 17.3 Å². The SMILES string of the molecule is CCCCNC(=O)c1cccc(S(=O)(=O)NCCc2ccc(OC)cc2)c1. The topological polar surface area (TPSA) is 84.5 Å². The van der Waals surface area contributed by atoms with Crippen LogP contribution in [0.15, 0.2) is 53.4 Å². The third kappa shape index (κ3) is 6.37. The Morgan fingerprint density at radius 1 is 1.07 bits per heavy atom. The van der Waals surface area contributed by atoms with Crippen LogP contribution in [0.1, 0.15) is 35.7 Å². The molecule has 2 rings (SSSR count). The molecule has 0 aliphatic heterocycles. The van der Waals surface area contributed by atoms with E-state index in [0.29, 0.717) is 18.5 Å². The molecular formula is C20H26N2O4S. The monoisotopic (exact) mass is 390 g/mol. The highest BCUT2D eigenvalue weighted by Crippen LogP contribution is 2.13. The second-order valence-electron chi connectivity index (χ2n) is 6.13. The predicted octanol–water partition coefficient (Wildman–Crippen LogP) is 2.75. The first kappa shape index (κ1) is 20.9. The van der Waals surface area contributed by atoms with E-state index in [0.717, 1.165) is 24.2 Å². The summed E-state index contributed by atoms with van der Waals surface area (Å²) in [5.74, 6) is 0.493. The Balaban J connectivity index is 1.96. The minimum Gasteiger partial charge on any atom is -0.497 e. The van der Waals surface area contributed by atoms with Crippen LogP contribution in [0.5, 0.6) is 5.75 Å². The Labute approximate surface area is 161 Å². The van der Waals surface area contributed by atoms with Crippen LogP contribution >= 0.6 is 0 Å². The number of carbonyl (C=O) groups excluding carboxylic acids is 1. The average Bonchev–Trinajstić information content (AvgIpc) is 2.68. The molecule has 0 fully saturated rings. The van der Waals surface area contributed by atoms with E-state index in [1.165, 1.54) is 12.1 Å². The number of methoxy groups -OCH3 is 1. The van der Waals surface area contributed by atoms with Crippen LogP contribution in [0.4, 0.5) is 0 Å². The molecule has 0 saturated carbocycles. The van der Waals surface area contributed by atoms with E-state index in [9.17, 15) is 13.2 Å². The lowest BCUT2D eigenvalue weighted by atomic mass is 10.1. The van der Waals surface area contributed by atoms with Gasteiger partial charge in [-0.25, -0.2) is 13.1 Å². The van der Waals surface area contributed by atoms with Gasteiger partial charge in [0, 0.05) is 18.7 Å². The van der Waals surface area contributed by atoms with Gasteiger partial charge in [0.1, 0.15) is 5.75 Å². The molecule has 146 valence electrons. The molecule has 0 bridgehead atoms. The van der Waals surface area contributed by atoms with Gasteiger partial charge in [-0.2, -0.15) is 0 Å². The lowest BCUT2D eigenvalue weighted by Gasteiger charge is -2.09. The zero-order valence-corrected chi connectivity index (χ0v) is 16.5. The zero-order valence-electron chi connectivity index (χ0n) is 15.7. The highest BCUT2D eigenvalue weighted by Gasteiger charge is 2.15. The lowest BCUT2D eigenvalue weighted by molar-refractivity contribution is 0.0953. The van der Waals surface area contributed by atoms with Gasteiger partial charge in [-0.05, 0) is 48.7 Å². The largest absolute Gasteiger partial charge is 0.497 e. The highest BCUT2D eigenvalue weighted by atomic mass is 32.2. The molecule has 7 heteroatoms. The number of sulfonamides is 1. The molecule has 0 heterocycles.